The van der Waals surface area contributed by atoms with Crippen LogP contribution in [0, 0.1) is 6.92 Å². The Bertz CT molecular complexity index is 1370. The number of nitrogens with one attached hydrogen (secondary N) is 1. The lowest BCUT2D eigenvalue weighted by atomic mass is 10.1. The van der Waals surface area contributed by atoms with Crippen LogP contribution in [-0.4, -0.2) is 33.6 Å². The highest BCUT2D eigenvalue weighted by molar-refractivity contribution is 6.03. The largest absolute Gasteiger partial charge is 0.486 e. The van der Waals surface area contributed by atoms with Crippen molar-refractivity contribution in [3.8, 4) is 28.5 Å². The number of benzene rings is 2. The van der Waals surface area contributed by atoms with Gasteiger partial charge in [-0.25, -0.2) is 4.68 Å². The highest BCUT2D eigenvalue weighted by Gasteiger charge is 2.21. The van der Waals surface area contributed by atoms with Crippen molar-refractivity contribution in [2.24, 2.45) is 7.05 Å². The van der Waals surface area contributed by atoms with E-state index in [1.54, 1.807) is 36.9 Å². The van der Waals surface area contributed by atoms with Crippen molar-refractivity contribution in [3.63, 3.8) is 0 Å². The maximum Gasteiger partial charge on any atom is 0.295 e. The molecule has 1 aliphatic heterocycles. The minimum Gasteiger partial charge on any atom is -0.486 e. The molecule has 2 aromatic heterocycles. The number of rotatable bonds is 4. The van der Waals surface area contributed by atoms with Gasteiger partial charge in [0, 0.05) is 18.7 Å². The Kier molecular flexibility index (Phi) is 4.78. The first kappa shape index (κ1) is 19.7. The van der Waals surface area contributed by atoms with Gasteiger partial charge in [0.1, 0.15) is 18.9 Å². The van der Waals surface area contributed by atoms with Crippen LogP contribution in [0.1, 0.15) is 16.2 Å². The predicted molar refractivity (Wildman–Crippen MR) is 117 cm³/mol. The van der Waals surface area contributed by atoms with E-state index in [0.29, 0.717) is 47.4 Å². The Balaban J connectivity index is 1.41. The summed E-state index contributed by atoms with van der Waals surface area (Å²) in [6.07, 6.45) is 0. The maximum atomic E-state index is 13.0. The molecule has 1 amide bonds. The SMILES string of the molecule is Cc1c(NC(=O)c2cc(-c3ccc4c(c3)OCCO4)on2)c(=O)n(-c2ccccc2)n1C. The first-order valence-corrected chi connectivity index (χ1v) is 10.0. The Morgan fingerprint density at radius 1 is 1.03 bits per heavy atom. The summed E-state index contributed by atoms with van der Waals surface area (Å²) >= 11 is 0. The van der Waals surface area contributed by atoms with E-state index in [2.05, 4.69) is 10.5 Å². The minimum atomic E-state index is -0.538. The summed E-state index contributed by atoms with van der Waals surface area (Å²) in [6.45, 7) is 2.74. The third-order valence-corrected chi connectivity index (χ3v) is 5.36. The molecule has 2 aromatic carbocycles. The molecule has 0 saturated carbocycles. The van der Waals surface area contributed by atoms with E-state index in [-0.39, 0.29) is 16.9 Å². The molecule has 0 spiro atoms. The summed E-state index contributed by atoms with van der Waals surface area (Å²) in [5, 5.41) is 6.55. The number of carbonyl (C=O) groups is 1. The number of hydrogen-bond acceptors (Lipinski definition) is 6. The van der Waals surface area contributed by atoms with Gasteiger partial charge in [-0.05, 0) is 37.3 Å². The van der Waals surface area contributed by atoms with Crippen LogP contribution in [-0.2, 0) is 7.05 Å². The van der Waals surface area contributed by atoms with Crippen LogP contribution < -0.4 is 20.3 Å². The second-order valence-corrected chi connectivity index (χ2v) is 7.33. The van der Waals surface area contributed by atoms with Gasteiger partial charge < -0.3 is 19.3 Å². The second kappa shape index (κ2) is 7.77. The van der Waals surface area contributed by atoms with Gasteiger partial charge in [0.2, 0.25) is 0 Å². The molecule has 0 radical (unpaired) electrons. The molecular formula is C23H20N4O5. The van der Waals surface area contributed by atoms with Gasteiger partial charge in [-0.3, -0.25) is 14.3 Å². The number of ether oxygens (including phenoxy) is 2. The number of hydrogen-bond donors (Lipinski definition) is 1. The average Bonchev–Trinajstić information content (AvgIpc) is 3.39. The molecule has 3 heterocycles. The van der Waals surface area contributed by atoms with Crippen LogP contribution in [0.4, 0.5) is 5.69 Å². The predicted octanol–water partition coefficient (Wildman–Crippen LogP) is 3.16. The summed E-state index contributed by atoms with van der Waals surface area (Å²) in [7, 11) is 1.76. The topological polar surface area (TPSA) is 101 Å². The van der Waals surface area contributed by atoms with E-state index in [9.17, 15) is 9.59 Å². The fourth-order valence-electron chi connectivity index (χ4n) is 3.60. The molecule has 1 aliphatic rings. The second-order valence-electron chi connectivity index (χ2n) is 7.33. The van der Waals surface area contributed by atoms with Gasteiger partial charge in [0.15, 0.2) is 23.0 Å². The molecule has 0 bridgehead atoms. The van der Waals surface area contributed by atoms with Crippen LogP contribution in [0.2, 0.25) is 0 Å². The van der Waals surface area contributed by atoms with Crippen molar-refractivity contribution in [3.05, 3.63) is 76.3 Å². The van der Waals surface area contributed by atoms with Crippen molar-refractivity contribution in [1.29, 1.82) is 0 Å². The lowest BCUT2D eigenvalue weighted by molar-refractivity contribution is 0.101. The molecule has 0 fully saturated rings. The van der Waals surface area contributed by atoms with Gasteiger partial charge in [0.25, 0.3) is 11.5 Å². The van der Waals surface area contributed by atoms with Crippen LogP contribution in [0.25, 0.3) is 17.0 Å². The number of para-hydroxylation sites is 1. The first-order chi connectivity index (χ1) is 15.5. The van der Waals surface area contributed by atoms with Gasteiger partial charge in [-0.1, -0.05) is 23.4 Å². The van der Waals surface area contributed by atoms with E-state index >= 15 is 0 Å². The molecule has 0 unspecified atom stereocenters. The first-order valence-electron chi connectivity index (χ1n) is 10.0. The number of amides is 1. The lowest BCUT2D eigenvalue weighted by Gasteiger charge is -2.18. The van der Waals surface area contributed by atoms with Gasteiger partial charge in [-0.15, -0.1) is 0 Å². The molecule has 32 heavy (non-hydrogen) atoms. The Morgan fingerprint density at radius 3 is 2.56 bits per heavy atom. The van der Waals surface area contributed by atoms with Crippen LogP contribution in [0.15, 0.2) is 63.9 Å². The zero-order valence-electron chi connectivity index (χ0n) is 17.5. The molecule has 0 saturated heterocycles. The minimum absolute atomic E-state index is 0.0591. The quantitative estimate of drug-likeness (QED) is 0.532. The third-order valence-electron chi connectivity index (χ3n) is 5.36. The van der Waals surface area contributed by atoms with Gasteiger partial charge in [-0.2, -0.15) is 0 Å². The normalized spacial score (nSPS) is 12.6. The average molecular weight is 432 g/mol. The van der Waals surface area contributed by atoms with Crippen molar-refractivity contribution < 1.29 is 18.8 Å². The highest BCUT2D eigenvalue weighted by atomic mass is 16.6. The zero-order valence-corrected chi connectivity index (χ0v) is 17.5. The van der Waals surface area contributed by atoms with Crippen molar-refractivity contribution in [2.45, 2.75) is 6.92 Å². The molecule has 0 atom stereocenters. The maximum absolute atomic E-state index is 13.0. The fourth-order valence-corrected chi connectivity index (χ4v) is 3.60. The van der Waals surface area contributed by atoms with Crippen LogP contribution in [0.3, 0.4) is 0 Å². The van der Waals surface area contributed by atoms with Crippen molar-refractivity contribution in [2.75, 3.05) is 18.5 Å². The van der Waals surface area contributed by atoms with E-state index in [4.69, 9.17) is 14.0 Å². The molecule has 5 rings (SSSR count). The van der Waals surface area contributed by atoms with Crippen LogP contribution in [0.5, 0.6) is 11.5 Å². The number of aromatic nitrogens is 3. The third kappa shape index (κ3) is 3.33. The van der Waals surface area contributed by atoms with Crippen molar-refractivity contribution >= 4 is 11.6 Å². The van der Waals surface area contributed by atoms with Gasteiger partial charge in [0.05, 0.1) is 11.4 Å². The van der Waals surface area contributed by atoms with Crippen molar-refractivity contribution in [1.82, 2.24) is 14.5 Å². The Hall–Kier alpha value is -4.27. The number of fused-ring (bicyclic) bond motifs is 1. The fraction of sp³-hybridized carbons (Fsp3) is 0.174. The Morgan fingerprint density at radius 2 is 1.78 bits per heavy atom. The molecule has 9 nitrogen and oxygen atoms in total. The number of anilines is 1. The Labute approximate surface area is 182 Å². The van der Waals surface area contributed by atoms with E-state index in [1.807, 2.05) is 30.3 Å². The summed E-state index contributed by atoms with van der Waals surface area (Å²) in [5.74, 6) is 1.13. The molecule has 0 aliphatic carbocycles. The summed E-state index contributed by atoms with van der Waals surface area (Å²) in [4.78, 5) is 25.8. The highest BCUT2D eigenvalue weighted by Crippen LogP contribution is 2.34. The van der Waals surface area contributed by atoms with E-state index in [1.165, 1.54) is 10.7 Å². The molecule has 162 valence electrons. The smallest absolute Gasteiger partial charge is 0.295 e. The van der Waals surface area contributed by atoms with Crippen LogP contribution >= 0.6 is 0 Å². The van der Waals surface area contributed by atoms with E-state index < -0.39 is 5.91 Å². The number of carbonyl (C=O) groups excluding carboxylic acids is 1. The zero-order chi connectivity index (χ0) is 22.2. The summed E-state index contributed by atoms with van der Waals surface area (Å²) < 4.78 is 19.7. The lowest BCUT2D eigenvalue weighted by Crippen LogP contribution is -2.23. The molecule has 4 aromatic rings. The molecule has 1 N–H and O–H groups in total. The standard InChI is InChI=1S/C23H20N4O5/c1-14-21(23(29)27(26(14)2)16-6-4-3-5-7-16)24-22(28)17-13-19(32-25-17)15-8-9-18-20(12-15)31-11-10-30-18/h3-9,12-13H,10-11H2,1-2H3,(H,24,28). The summed E-state index contributed by atoms with van der Waals surface area (Å²) in [5.41, 5.74) is 1.92. The number of nitrogens with zero attached hydrogens (tertiary/aromatic N) is 3. The molecule has 9 heteroatoms. The van der Waals surface area contributed by atoms with Gasteiger partial charge >= 0.3 is 0 Å². The summed E-state index contributed by atoms with van der Waals surface area (Å²) in [6, 6.07) is 16.1. The monoisotopic (exact) mass is 432 g/mol. The molecular weight excluding hydrogens is 412 g/mol. The van der Waals surface area contributed by atoms with E-state index in [0.717, 1.165) is 0 Å².